The number of amides is 2. The molecule has 6 heteroatoms. The van der Waals surface area contributed by atoms with E-state index in [-0.39, 0.29) is 5.91 Å². The lowest BCUT2D eigenvalue weighted by Crippen LogP contribution is -2.23. The molecule has 22 heavy (non-hydrogen) atoms. The molecule has 2 amide bonds. The lowest BCUT2D eigenvalue weighted by molar-refractivity contribution is -0.121. The molecule has 0 aliphatic heterocycles. The number of benzene rings is 1. The molecule has 2 aromatic rings. The van der Waals surface area contributed by atoms with Gasteiger partial charge in [0.25, 0.3) is 0 Å². The molecule has 0 bridgehead atoms. The highest BCUT2D eigenvalue weighted by Gasteiger charge is 2.11. The summed E-state index contributed by atoms with van der Waals surface area (Å²) in [5.74, 6) is 0.204. The minimum absolute atomic E-state index is 0.0653. The number of hydrogen-bond donors (Lipinski definition) is 2. The van der Waals surface area contributed by atoms with Gasteiger partial charge in [0.2, 0.25) is 11.8 Å². The number of carbonyl (C=O) groups is 2. The van der Waals surface area contributed by atoms with Gasteiger partial charge in [0, 0.05) is 24.1 Å². The third-order valence-electron chi connectivity index (χ3n) is 3.48. The highest BCUT2D eigenvalue weighted by molar-refractivity contribution is 5.92. The maximum atomic E-state index is 11.9. The van der Waals surface area contributed by atoms with Crippen LogP contribution in [0, 0.1) is 13.8 Å². The van der Waals surface area contributed by atoms with Crippen LogP contribution in [-0.2, 0) is 17.8 Å². The summed E-state index contributed by atoms with van der Waals surface area (Å²) in [6.45, 7) is 4.06. The second kappa shape index (κ2) is 6.89. The van der Waals surface area contributed by atoms with Gasteiger partial charge in [-0.2, -0.15) is 0 Å². The van der Waals surface area contributed by atoms with Gasteiger partial charge in [0.05, 0.1) is 5.69 Å². The zero-order valence-electron chi connectivity index (χ0n) is 12.7. The van der Waals surface area contributed by atoms with Gasteiger partial charge in [0.15, 0.2) is 0 Å². The molecule has 0 unspecified atom stereocenters. The number of rotatable bonds is 6. The number of aryl methyl sites for hydroxylation is 2. The Hall–Kier alpha value is -2.63. The van der Waals surface area contributed by atoms with Gasteiger partial charge in [-0.05, 0) is 38.0 Å². The Kier molecular flexibility index (Phi) is 4.93. The standard InChI is InChI=1S/C16H19N3O3/c1-10-14(11(2)22-19-10)6-7-15(20)18-9-12-4-3-5-13(8-12)16(17)21/h3-5,8H,6-7,9H2,1-2H3,(H2,17,21)(H,18,20). The van der Waals surface area contributed by atoms with E-state index < -0.39 is 5.91 Å². The van der Waals surface area contributed by atoms with E-state index in [1.807, 2.05) is 19.9 Å². The summed E-state index contributed by atoms with van der Waals surface area (Å²) >= 11 is 0. The van der Waals surface area contributed by atoms with Crippen molar-refractivity contribution in [3.05, 3.63) is 52.4 Å². The molecule has 1 heterocycles. The Morgan fingerprint density at radius 1 is 1.32 bits per heavy atom. The molecule has 0 aliphatic carbocycles. The summed E-state index contributed by atoms with van der Waals surface area (Å²) in [5.41, 5.74) is 8.29. The van der Waals surface area contributed by atoms with Crippen LogP contribution in [-0.4, -0.2) is 17.0 Å². The Morgan fingerprint density at radius 2 is 2.09 bits per heavy atom. The maximum Gasteiger partial charge on any atom is 0.248 e. The summed E-state index contributed by atoms with van der Waals surface area (Å²) in [7, 11) is 0. The average molecular weight is 301 g/mol. The van der Waals surface area contributed by atoms with Crippen molar-refractivity contribution in [1.29, 1.82) is 0 Å². The summed E-state index contributed by atoms with van der Waals surface area (Å²) < 4.78 is 5.07. The Labute approximate surface area is 128 Å². The number of nitrogens with one attached hydrogen (secondary N) is 1. The van der Waals surface area contributed by atoms with Crippen LogP contribution in [0.25, 0.3) is 0 Å². The third-order valence-corrected chi connectivity index (χ3v) is 3.48. The van der Waals surface area contributed by atoms with Gasteiger partial charge in [-0.25, -0.2) is 0 Å². The van der Waals surface area contributed by atoms with Crippen LogP contribution in [0.15, 0.2) is 28.8 Å². The summed E-state index contributed by atoms with van der Waals surface area (Å²) in [6.07, 6.45) is 0.951. The van der Waals surface area contributed by atoms with Gasteiger partial charge in [-0.15, -0.1) is 0 Å². The van der Waals surface area contributed by atoms with Crippen LogP contribution in [0.5, 0.6) is 0 Å². The number of carbonyl (C=O) groups excluding carboxylic acids is 2. The molecule has 3 N–H and O–H groups in total. The van der Waals surface area contributed by atoms with Crippen molar-refractivity contribution in [2.24, 2.45) is 5.73 Å². The highest BCUT2D eigenvalue weighted by Crippen LogP contribution is 2.14. The number of aromatic nitrogens is 1. The Morgan fingerprint density at radius 3 is 2.73 bits per heavy atom. The number of nitrogens with zero attached hydrogens (tertiary/aromatic N) is 1. The fraction of sp³-hybridized carbons (Fsp3) is 0.312. The maximum absolute atomic E-state index is 11.9. The molecule has 0 saturated carbocycles. The van der Waals surface area contributed by atoms with Crippen molar-refractivity contribution in [1.82, 2.24) is 10.5 Å². The Bertz CT molecular complexity index is 672. The molecular weight excluding hydrogens is 282 g/mol. The molecular formula is C16H19N3O3. The van der Waals surface area contributed by atoms with Crippen LogP contribution in [0.4, 0.5) is 0 Å². The average Bonchev–Trinajstić information content (AvgIpc) is 2.82. The normalized spacial score (nSPS) is 10.5. The van der Waals surface area contributed by atoms with Gasteiger partial charge in [-0.3, -0.25) is 9.59 Å². The SMILES string of the molecule is Cc1noc(C)c1CCC(=O)NCc1cccc(C(N)=O)c1. The number of hydrogen-bond acceptors (Lipinski definition) is 4. The van der Waals surface area contributed by atoms with Crippen LogP contribution < -0.4 is 11.1 Å². The third kappa shape index (κ3) is 3.94. The summed E-state index contributed by atoms with van der Waals surface area (Å²) in [4.78, 5) is 23.0. The van der Waals surface area contributed by atoms with E-state index in [2.05, 4.69) is 10.5 Å². The van der Waals surface area contributed by atoms with Crippen molar-refractivity contribution in [2.45, 2.75) is 33.2 Å². The van der Waals surface area contributed by atoms with E-state index in [0.717, 1.165) is 22.6 Å². The monoisotopic (exact) mass is 301 g/mol. The first-order valence-corrected chi connectivity index (χ1v) is 7.04. The van der Waals surface area contributed by atoms with Gasteiger partial charge < -0.3 is 15.6 Å². The molecule has 116 valence electrons. The lowest BCUT2D eigenvalue weighted by Gasteiger charge is -2.06. The molecule has 6 nitrogen and oxygen atoms in total. The van der Waals surface area contributed by atoms with Crippen molar-refractivity contribution in [2.75, 3.05) is 0 Å². The molecule has 0 fully saturated rings. The van der Waals surface area contributed by atoms with Crippen LogP contribution in [0.3, 0.4) is 0 Å². The minimum atomic E-state index is -0.480. The smallest absolute Gasteiger partial charge is 0.248 e. The first-order valence-electron chi connectivity index (χ1n) is 7.04. The van der Waals surface area contributed by atoms with Crippen LogP contribution >= 0.6 is 0 Å². The molecule has 1 aromatic carbocycles. The largest absolute Gasteiger partial charge is 0.366 e. The second-order valence-electron chi connectivity index (χ2n) is 5.14. The number of primary amides is 1. The van der Waals surface area contributed by atoms with Crippen molar-refractivity contribution in [3.63, 3.8) is 0 Å². The van der Waals surface area contributed by atoms with Crippen molar-refractivity contribution in [3.8, 4) is 0 Å². The molecule has 0 saturated heterocycles. The Balaban J connectivity index is 1.85. The van der Waals surface area contributed by atoms with E-state index in [0.29, 0.717) is 24.9 Å². The first-order chi connectivity index (χ1) is 10.5. The molecule has 0 atom stereocenters. The lowest BCUT2D eigenvalue weighted by atomic mass is 10.1. The van der Waals surface area contributed by atoms with Crippen molar-refractivity contribution < 1.29 is 14.1 Å². The van der Waals surface area contributed by atoms with E-state index in [1.165, 1.54) is 0 Å². The molecule has 0 aliphatic rings. The molecule has 0 spiro atoms. The van der Waals surface area contributed by atoms with Gasteiger partial charge in [-0.1, -0.05) is 17.3 Å². The highest BCUT2D eigenvalue weighted by atomic mass is 16.5. The van der Waals surface area contributed by atoms with E-state index in [9.17, 15) is 9.59 Å². The van der Waals surface area contributed by atoms with E-state index >= 15 is 0 Å². The zero-order valence-corrected chi connectivity index (χ0v) is 12.7. The number of nitrogens with two attached hydrogens (primary N) is 1. The molecule has 0 radical (unpaired) electrons. The van der Waals surface area contributed by atoms with Crippen LogP contribution in [0.1, 0.15) is 39.4 Å². The van der Waals surface area contributed by atoms with Gasteiger partial charge >= 0.3 is 0 Å². The summed E-state index contributed by atoms with van der Waals surface area (Å²) in [6, 6.07) is 6.90. The predicted octanol–water partition coefficient (Wildman–Crippen LogP) is 1.64. The predicted molar refractivity (Wildman–Crippen MR) is 81.1 cm³/mol. The molecule has 1 aromatic heterocycles. The fourth-order valence-electron chi connectivity index (χ4n) is 2.22. The van der Waals surface area contributed by atoms with Crippen molar-refractivity contribution >= 4 is 11.8 Å². The van der Waals surface area contributed by atoms with E-state index in [1.54, 1.807) is 18.2 Å². The quantitative estimate of drug-likeness (QED) is 0.847. The summed E-state index contributed by atoms with van der Waals surface area (Å²) in [5, 5.41) is 6.69. The minimum Gasteiger partial charge on any atom is -0.366 e. The zero-order chi connectivity index (χ0) is 16.1. The van der Waals surface area contributed by atoms with Crippen LogP contribution in [0.2, 0.25) is 0 Å². The topological polar surface area (TPSA) is 98.2 Å². The van der Waals surface area contributed by atoms with Gasteiger partial charge in [0.1, 0.15) is 5.76 Å². The van der Waals surface area contributed by atoms with E-state index in [4.69, 9.17) is 10.3 Å². The second-order valence-corrected chi connectivity index (χ2v) is 5.14. The molecule has 2 rings (SSSR count). The first kappa shape index (κ1) is 15.8. The fourth-order valence-corrected chi connectivity index (χ4v) is 2.22.